The van der Waals surface area contributed by atoms with Crippen LogP contribution in [0.4, 0.5) is 10.3 Å². The van der Waals surface area contributed by atoms with Crippen LogP contribution < -0.4 is 9.64 Å². The maximum atomic E-state index is 15.8. The minimum Gasteiger partial charge on any atom is -0.490 e. The van der Waals surface area contributed by atoms with Crippen molar-refractivity contribution in [2.45, 2.75) is 72.0 Å². The van der Waals surface area contributed by atoms with E-state index in [0.717, 1.165) is 66.3 Å². The van der Waals surface area contributed by atoms with Gasteiger partial charge >= 0.3 is 5.97 Å². The lowest BCUT2D eigenvalue weighted by Crippen LogP contribution is -2.47. The number of rotatable bonds is 8. The summed E-state index contributed by atoms with van der Waals surface area (Å²) in [6.45, 7) is 14.7. The normalized spacial score (nSPS) is 18.0. The highest BCUT2D eigenvalue weighted by Gasteiger charge is 2.35. The number of aliphatic carboxylic acids is 1. The van der Waals surface area contributed by atoms with Gasteiger partial charge in [-0.2, -0.15) is 9.36 Å². The lowest BCUT2D eigenvalue weighted by atomic mass is 9.86. The molecule has 0 bridgehead atoms. The van der Waals surface area contributed by atoms with Crippen LogP contribution in [0.5, 0.6) is 5.75 Å². The molecule has 250 valence electrons. The van der Waals surface area contributed by atoms with Crippen LogP contribution in [0.15, 0.2) is 12.1 Å². The molecule has 4 aromatic rings. The van der Waals surface area contributed by atoms with E-state index in [2.05, 4.69) is 9.80 Å². The van der Waals surface area contributed by atoms with Crippen LogP contribution in [-0.2, 0) is 23.0 Å². The number of benzene rings is 1. The van der Waals surface area contributed by atoms with Crippen molar-refractivity contribution in [3.8, 4) is 27.6 Å². The number of carbonyl (C=O) groups is 1. The number of carboxylic acid groups (broad SMARTS) is 1. The quantitative estimate of drug-likeness (QED) is 0.232. The molecular formula is C35H43FN6O4S. The third kappa shape index (κ3) is 6.11. The van der Waals surface area contributed by atoms with E-state index in [9.17, 15) is 9.90 Å². The van der Waals surface area contributed by atoms with Gasteiger partial charge < -0.3 is 24.0 Å². The van der Waals surface area contributed by atoms with Gasteiger partial charge in [0.05, 0.1) is 17.9 Å². The van der Waals surface area contributed by atoms with Gasteiger partial charge in [0, 0.05) is 67.5 Å². The maximum absolute atomic E-state index is 15.8. The van der Waals surface area contributed by atoms with Crippen LogP contribution in [0.3, 0.4) is 0 Å². The standard InChI is InChI=1S/C35H43FN6O4S/c1-19-22-8-7-15-45-29(22)25(36)16-23(19)28-24-17-26(32-38-34(39-47-32)42-13-11-41(12-14-42)18-21-9-10-21)40(6)31(24)37-20(2)27(28)30(33(43)44)46-35(3,4)5/h16-17,21,30H,7-15,18H2,1-6H3,(H,43,44)/t30-/m0/s1. The number of fused-ring (bicyclic) bond motifs is 2. The van der Waals surface area contributed by atoms with Gasteiger partial charge in [-0.3, -0.25) is 4.90 Å². The first-order valence-electron chi connectivity index (χ1n) is 16.6. The summed E-state index contributed by atoms with van der Waals surface area (Å²) in [6, 6.07) is 3.47. The second kappa shape index (κ2) is 12.1. The summed E-state index contributed by atoms with van der Waals surface area (Å²) in [5, 5.41) is 12.0. The Hall–Kier alpha value is -3.61. The fraction of sp³-hybridized carbons (Fsp3) is 0.543. The van der Waals surface area contributed by atoms with Crippen molar-refractivity contribution in [1.29, 1.82) is 0 Å². The van der Waals surface area contributed by atoms with E-state index < -0.39 is 23.5 Å². The molecule has 1 N–H and O–H groups in total. The summed E-state index contributed by atoms with van der Waals surface area (Å²) in [4.78, 5) is 27.6. The van der Waals surface area contributed by atoms with Gasteiger partial charge in [-0.15, -0.1) is 0 Å². The van der Waals surface area contributed by atoms with Crippen LogP contribution in [0.1, 0.15) is 68.5 Å². The highest BCUT2D eigenvalue weighted by Crippen LogP contribution is 2.46. The summed E-state index contributed by atoms with van der Waals surface area (Å²) < 4.78 is 34.4. The molecule has 5 heterocycles. The van der Waals surface area contributed by atoms with Gasteiger partial charge in [0.25, 0.3) is 0 Å². The molecule has 1 aliphatic carbocycles. The van der Waals surface area contributed by atoms with Gasteiger partial charge in [0.15, 0.2) is 22.7 Å². The van der Waals surface area contributed by atoms with Crippen molar-refractivity contribution in [1.82, 2.24) is 23.8 Å². The first-order chi connectivity index (χ1) is 22.4. The number of halogens is 1. The van der Waals surface area contributed by atoms with Crippen molar-refractivity contribution in [3.05, 3.63) is 40.3 Å². The average molecular weight is 663 g/mol. The third-order valence-corrected chi connectivity index (χ3v) is 10.3. The number of carboxylic acids is 1. The summed E-state index contributed by atoms with van der Waals surface area (Å²) in [7, 11) is 1.93. The lowest BCUT2D eigenvalue weighted by molar-refractivity contribution is -0.160. The van der Waals surface area contributed by atoms with Crippen molar-refractivity contribution in [2.75, 3.05) is 44.2 Å². The molecule has 1 saturated heterocycles. The van der Waals surface area contributed by atoms with Gasteiger partial charge in [0.1, 0.15) is 5.65 Å². The van der Waals surface area contributed by atoms with Gasteiger partial charge in [-0.25, -0.2) is 14.2 Å². The Morgan fingerprint density at radius 3 is 2.60 bits per heavy atom. The van der Waals surface area contributed by atoms with E-state index in [1.807, 2.05) is 45.4 Å². The number of anilines is 1. The molecule has 0 unspecified atom stereocenters. The zero-order valence-corrected chi connectivity index (χ0v) is 28.8. The Kier molecular flexibility index (Phi) is 8.25. The van der Waals surface area contributed by atoms with Gasteiger partial charge in [0.2, 0.25) is 5.95 Å². The van der Waals surface area contributed by atoms with Crippen LogP contribution in [-0.4, -0.2) is 79.8 Å². The van der Waals surface area contributed by atoms with E-state index in [-0.39, 0.29) is 5.75 Å². The molecular weight excluding hydrogens is 619 g/mol. The molecule has 2 aliphatic heterocycles. The fourth-order valence-corrected chi connectivity index (χ4v) is 7.76. The number of aryl methyl sites for hydroxylation is 2. The zero-order valence-electron chi connectivity index (χ0n) is 28.0. The van der Waals surface area contributed by atoms with Crippen molar-refractivity contribution < 1.29 is 23.8 Å². The minimum absolute atomic E-state index is 0.283. The zero-order chi connectivity index (χ0) is 33.2. The van der Waals surface area contributed by atoms with Crippen molar-refractivity contribution >= 4 is 34.5 Å². The molecule has 3 aromatic heterocycles. The molecule has 1 aromatic carbocycles. The van der Waals surface area contributed by atoms with E-state index in [1.165, 1.54) is 37.0 Å². The van der Waals surface area contributed by atoms with E-state index >= 15 is 4.39 Å². The molecule has 0 spiro atoms. The molecule has 10 nitrogen and oxygen atoms in total. The van der Waals surface area contributed by atoms with E-state index in [1.54, 1.807) is 6.92 Å². The molecule has 47 heavy (non-hydrogen) atoms. The smallest absolute Gasteiger partial charge is 0.337 e. The molecule has 3 aliphatic rings. The third-order valence-electron chi connectivity index (χ3n) is 9.57. The number of hydrogen-bond donors (Lipinski definition) is 1. The summed E-state index contributed by atoms with van der Waals surface area (Å²) in [6.07, 6.45) is 2.85. The number of hydrogen-bond acceptors (Lipinski definition) is 9. The molecule has 1 saturated carbocycles. The average Bonchev–Trinajstić information content (AvgIpc) is 3.60. The monoisotopic (exact) mass is 662 g/mol. The second-order valence-corrected chi connectivity index (χ2v) is 14.9. The maximum Gasteiger partial charge on any atom is 0.337 e. The SMILES string of the molecule is Cc1nc2c(cc(-c3nc(N4CCN(CC5CC5)CC4)ns3)n2C)c(-c2cc(F)c3c(c2C)CCCO3)c1[C@H](OC(C)(C)C)C(=O)O. The summed E-state index contributed by atoms with van der Waals surface area (Å²) in [5.41, 5.74) is 4.50. The van der Waals surface area contributed by atoms with Crippen LogP contribution >= 0.6 is 11.5 Å². The molecule has 0 amide bonds. The lowest BCUT2D eigenvalue weighted by Gasteiger charge is -2.34. The molecule has 7 rings (SSSR count). The Labute approximate surface area is 278 Å². The number of ether oxygens (including phenoxy) is 2. The number of nitrogens with zero attached hydrogens (tertiary/aromatic N) is 6. The van der Waals surface area contributed by atoms with E-state index in [4.69, 9.17) is 23.8 Å². The summed E-state index contributed by atoms with van der Waals surface area (Å²) in [5.74, 6) is 0.292. The molecule has 2 fully saturated rings. The first kappa shape index (κ1) is 32.0. The highest BCUT2D eigenvalue weighted by atomic mass is 32.1. The highest BCUT2D eigenvalue weighted by molar-refractivity contribution is 7.09. The molecule has 12 heteroatoms. The fourth-order valence-electron chi connectivity index (χ4n) is 7.02. The van der Waals surface area contributed by atoms with Crippen molar-refractivity contribution in [3.63, 3.8) is 0 Å². The predicted molar refractivity (Wildman–Crippen MR) is 181 cm³/mol. The van der Waals surface area contributed by atoms with E-state index in [0.29, 0.717) is 46.4 Å². The minimum atomic E-state index is -1.33. The second-order valence-electron chi connectivity index (χ2n) is 14.2. The molecule has 0 radical (unpaired) electrons. The number of aromatic nitrogens is 4. The number of pyridine rings is 1. The van der Waals surface area contributed by atoms with Crippen LogP contribution in [0, 0.1) is 25.6 Å². The van der Waals surface area contributed by atoms with Crippen LogP contribution in [0.25, 0.3) is 32.9 Å². The topological polar surface area (TPSA) is 106 Å². The first-order valence-corrected chi connectivity index (χ1v) is 17.3. The number of piperazine rings is 1. The summed E-state index contributed by atoms with van der Waals surface area (Å²) >= 11 is 1.34. The largest absolute Gasteiger partial charge is 0.490 e. The van der Waals surface area contributed by atoms with Crippen molar-refractivity contribution in [2.24, 2.45) is 13.0 Å². The Morgan fingerprint density at radius 1 is 1.17 bits per heavy atom. The Morgan fingerprint density at radius 2 is 1.91 bits per heavy atom. The molecule has 1 atom stereocenters. The Bertz CT molecular complexity index is 1850. The van der Waals surface area contributed by atoms with Gasteiger partial charge in [-0.05, 0) is 101 Å². The van der Waals surface area contributed by atoms with Gasteiger partial charge in [-0.1, -0.05) is 0 Å². The van der Waals surface area contributed by atoms with Crippen LogP contribution in [0.2, 0.25) is 0 Å². The predicted octanol–water partition coefficient (Wildman–Crippen LogP) is 6.31. The Balaban J connectivity index is 1.36.